The first-order chi connectivity index (χ1) is 14.4. The maximum atomic E-state index is 9.94. The van der Waals surface area contributed by atoms with Crippen molar-refractivity contribution in [3.8, 4) is 16.9 Å². The summed E-state index contributed by atoms with van der Waals surface area (Å²) in [6.07, 6.45) is 3.05. The predicted octanol–water partition coefficient (Wildman–Crippen LogP) is 7.59. The van der Waals surface area contributed by atoms with Crippen molar-refractivity contribution in [2.24, 2.45) is 5.41 Å². The Morgan fingerprint density at radius 2 is 1.33 bits per heavy atom. The van der Waals surface area contributed by atoms with Crippen molar-refractivity contribution in [3.05, 3.63) is 102 Å². The fraction of sp³-hybridized carbons (Fsp3) is 0.241. The van der Waals surface area contributed by atoms with Gasteiger partial charge in [0.15, 0.2) is 0 Å². The standard InChI is InChI=1S/C29H30O/c1-4-21-8-12-23(13-9-21)24-14-10-22(11-15-24)19-29(2,3)20-26-7-5-6-25-16-17-27(30)18-28(25)26/h5-18,30H,4,19-20H2,1-3H3. The van der Waals surface area contributed by atoms with E-state index >= 15 is 0 Å². The van der Waals surface area contributed by atoms with E-state index in [1.807, 2.05) is 12.1 Å². The first-order valence-electron chi connectivity index (χ1n) is 10.8. The normalized spacial score (nSPS) is 11.7. The third-order valence-electron chi connectivity index (χ3n) is 5.96. The van der Waals surface area contributed by atoms with Crippen LogP contribution in [0, 0.1) is 5.41 Å². The Bertz CT molecular complexity index is 1140. The third-order valence-corrected chi connectivity index (χ3v) is 5.96. The number of phenolic OH excluding ortho intramolecular Hbond substituents is 1. The van der Waals surface area contributed by atoms with Gasteiger partial charge in [0.05, 0.1) is 0 Å². The van der Waals surface area contributed by atoms with Crippen molar-refractivity contribution < 1.29 is 5.11 Å². The number of aromatic hydroxyl groups is 1. The molecule has 0 aliphatic carbocycles. The average molecular weight is 395 g/mol. The maximum Gasteiger partial charge on any atom is 0.116 e. The van der Waals surface area contributed by atoms with E-state index in [2.05, 4.69) is 87.5 Å². The molecule has 0 amide bonds. The lowest BCUT2D eigenvalue weighted by molar-refractivity contribution is 0.362. The second-order valence-electron chi connectivity index (χ2n) is 9.09. The molecule has 1 N–H and O–H groups in total. The number of hydrogen-bond acceptors (Lipinski definition) is 1. The van der Waals surface area contributed by atoms with Crippen LogP contribution in [0.5, 0.6) is 5.75 Å². The number of rotatable bonds is 6. The molecule has 0 radical (unpaired) electrons. The molecule has 0 bridgehead atoms. The van der Waals surface area contributed by atoms with E-state index in [1.165, 1.54) is 33.2 Å². The van der Waals surface area contributed by atoms with Crippen molar-refractivity contribution in [2.45, 2.75) is 40.0 Å². The lowest BCUT2D eigenvalue weighted by Gasteiger charge is -2.26. The fourth-order valence-corrected chi connectivity index (χ4v) is 4.36. The third kappa shape index (κ3) is 4.57. The highest BCUT2D eigenvalue weighted by atomic mass is 16.3. The summed E-state index contributed by atoms with van der Waals surface area (Å²) in [5.74, 6) is 0.329. The van der Waals surface area contributed by atoms with Crippen LogP contribution in [0.3, 0.4) is 0 Å². The zero-order valence-corrected chi connectivity index (χ0v) is 18.2. The molecule has 152 valence electrons. The van der Waals surface area contributed by atoms with E-state index < -0.39 is 0 Å². The summed E-state index contributed by atoms with van der Waals surface area (Å²) < 4.78 is 0. The van der Waals surface area contributed by atoms with Crippen LogP contribution in [0.4, 0.5) is 0 Å². The molecule has 4 aromatic rings. The molecule has 0 aliphatic rings. The van der Waals surface area contributed by atoms with E-state index in [0.29, 0.717) is 5.75 Å². The largest absolute Gasteiger partial charge is 0.508 e. The summed E-state index contributed by atoms with van der Waals surface area (Å²) in [5, 5.41) is 12.3. The van der Waals surface area contributed by atoms with Gasteiger partial charge in [-0.1, -0.05) is 93.6 Å². The minimum absolute atomic E-state index is 0.115. The molecule has 1 nitrogen and oxygen atoms in total. The average Bonchev–Trinajstić information content (AvgIpc) is 2.74. The summed E-state index contributed by atoms with van der Waals surface area (Å²) in [6.45, 7) is 6.84. The van der Waals surface area contributed by atoms with Gasteiger partial charge in [0.1, 0.15) is 5.75 Å². The summed E-state index contributed by atoms with van der Waals surface area (Å²) in [7, 11) is 0. The monoisotopic (exact) mass is 394 g/mol. The number of fused-ring (bicyclic) bond motifs is 1. The van der Waals surface area contributed by atoms with Crippen LogP contribution >= 0.6 is 0 Å². The Morgan fingerprint density at radius 3 is 1.97 bits per heavy atom. The molecule has 0 fully saturated rings. The molecule has 0 saturated carbocycles. The molecule has 0 aliphatic heterocycles. The zero-order valence-electron chi connectivity index (χ0n) is 18.2. The van der Waals surface area contributed by atoms with Gasteiger partial charge < -0.3 is 5.11 Å². The summed E-state index contributed by atoms with van der Waals surface area (Å²) in [5.41, 5.74) is 6.68. The van der Waals surface area contributed by atoms with Gasteiger partial charge in [-0.2, -0.15) is 0 Å². The quantitative estimate of drug-likeness (QED) is 0.357. The van der Waals surface area contributed by atoms with E-state index in [4.69, 9.17) is 0 Å². The highest BCUT2D eigenvalue weighted by molar-refractivity contribution is 5.87. The Kier molecular flexibility index (Phi) is 5.63. The van der Waals surface area contributed by atoms with Crippen LogP contribution in [0.2, 0.25) is 0 Å². The van der Waals surface area contributed by atoms with Gasteiger partial charge in [0.2, 0.25) is 0 Å². The molecular formula is C29H30O. The number of hydrogen-bond donors (Lipinski definition) is 1. The number of aryl methyl sites for hydroxylation is 1. The Labute approximate surface area is 180 Å². The van der Waals surface area contributed by atoms with Gasteiger partial charge in [0.25, 0.3) is 0 Å². The molecule has 4 rings (SSSR count). The molecule has 0 unspecified atom stereocenters. The Balaban J connectivity index is 1.51. The fourth-order valence-electron chi connectivity index (χ4n) is 4.36. The minimum Gasteiger partial charge on any atom is -0.508 e. The van der Waals surface area contributed by atoms with Crippen LogP contribution < -0.4 is 0 Å². The molecular weight excluding hydrogens is 364 g/mol. The second-order valence-corrected chi connectivity index (χ2v) is 9.09. The van der Waals surface area contributed by atoms with Crippen molar-refractivity contribution in [1.29, 1.82) is 0 Å². The SMILES string of the molecule is CCc1ccc(-c2ccc(CC(C)(C)Cc3cccc4ccc(O)cc34)cc2)cc1. The Morgan fingerprint density at radius 1 is 0.700 bits per heavy atom. The van der Waals surface area contributed by atoms with Gasteiger partial charge in [-0.3, -0.25) is 0 Å². The van der Waals surface area contributed by atoms with Crippen molar-refractivity contribution >= 4 is 10.8 Å². The van der Waals surface area contributed by atoms with E-state index in [-0.39, 0.29) is 5.41 Å². The van der Waals surface area contributed by atoms with E-state index in [9.17, 15) is 5.11 Å². The van der Waals surface area contributed by atoms with Crippen molar-refractivity contribution in [1.82, 2.24) is 0 Å². The highest BCUT2D eigenvalue weighted by Gasteiger charge is 2.20. The van der Waals surface area contributed by atoms with E-state index in [0.717, 1.165) is 24.6 Å². The van der Waals surface area contributed by atoms with Crippen molar-refractivity contribution in [3.63, 3.8) is 0 Å². The Hall–Kier alpha value is -3.06. The molecule has 0 heterocycles. The van der Waals surface area contributed by atoms with E-state index in [1.54, 1.807) is 6.07 Å². The summed E-state index contributed by atoms with van der Waals surface area (Å²) in [4.78, 5) is 0. The first-order valence-corrected chi connectivity index (χ1v) is 10.8. The van der Waals surface area contributed by atoms with Gasteiger partial charge in [-0.05, 0) is 75.4 Å². The number of phenols is 1. The van der Waals surface area contributed by atoms with Gasteiger partial charge >= 0.3 is 0 Å². The van der Waals surface area contributed by atoms with Gasteiger partial charge in [-0.25, -0.2) is 0 Å². The van der Waals surface area contributed by atoms with Gasteiger partial charge in [-0.15, -0.1) is 0 Å². The van der Waals surface area contributed by atoms with Crippen LogP contribution in [-0.2, 0) is 19.3 Å². The summed E-state index contributed by atoms with van der Waals surface area (Å²) >= 11 is 0. The highest BCUT2D eigenvalue weighted by Crippen LogP contribution is 2.32. The molecule has 0 atom stereocenters. The van der Waals surface area contributed by atoms with Crippen LogP contribution in [0.1, 0.15) is 37.5 Å². The molecule has 0 saturated heterocycles. The predicted molar refractivity (Wildman–Crippen MR) is 128 cm³/mol. The molecule has 0 spiro atoms. The summed E-state index contributed by atoms with van der Waals surface area (Å²) in [6, 6.07) is 29.9. The first kappa shape index (κ1) is 20.2. The van der Waals surface area contributed by atoms with Crippen molar-refractivity contribution in [2.75, 3.05) is 0 Å². The van der Waals surface area contributed by atoms with Crippen LogP contribution in [0.25, 0.3) is 21.9 Å². The number of benzene rings is 4. The maximum absolute atomic E-state index is 9.94. The molecule has 30 heavy (non-hydrogen) atoms. The lowest BCUT2D eigenvalue weighted by atomic mass is 9.79. The van der Waals surface area contributed by atoms with Crippen LogP contribution in [-0.4, -0.2) is 5.11 Å². The zero-order chi connectivity index (χ0) is 21.1. The lowest BCUT2D eigenvalue weighted by Crippen LogP contribution is -2.18. The molecule has 4 aromatic carbocycles. The topological polar surface area (TPSA) is 20.2 Å². The van der Waals surface area contributed by atoms with Crippen LogP contribution in [0.15, 0.2) is 84.9 Å². The molecule has 0 aromatic heterocycles. The minimum atomic E-state index is 0.115. The second kappa shape index (κ2) is 8.36. The van der Waals surface area contributed by atoms with Gasteiger partial charge in [0, 0.05) is 0 Å². The molecule has 1 heteroatoms. The smallest absolute Gasteiger partial charge is 0.116 e.